The molecule has 1 amide bonds. The molecule has 0 aliphatic rings. The lowest BCUT2D eigenvalue weighted by atomic mass is 10.2. The van der Waals surface area contributed by atoms with Crippen molar-refractivity contribution in [3.63, 3.8) is 0 Å². The number of hydrogen-bond acceptors (Lipinski definition) is 6. The van der Waals surface area contributed by atoms with Gasteiger partial charge in [0.15, 0.2) is 18.1 Å². The van der Waals surface area contributed by atoms with Crippen LogP contribution in [0.4, 0.5) is 0 Å². The maximum Gasteiger partial charge on any atom is 0.282 e. The molecule has 0 radical (unpaired) electrons. The van der Waals surface area contributed by atoms with Gasteiger partial charge in [-0.1, -0.05) is 41.4 Å². The number of carbonyl (C=O) groups excluding carboxylic acids is 1. The van der Waals surface area contributed by atoms with Gasteiger partial charge in [-0.05, 0) is 42.8 Å². The van der Waals surface area contributed by atoms with Crippen LogP contribution < -0.4 is 20.8 Å². The third-order valence-electron chi connectivity index (χ3n) is 4.36. The van der Waals surface area contributed by atoms with Crippen molar-refractivity contribution in [2.24, 2.45) is 10.8 Å². The van der Waals surface area contributed by atoms with E-state index in [0.717, 1.165) is 4.47 Å². The lowest BCUT2D eigenvalue weighted by Crippen LogP contribution is -2.23. The van der Waals surface area contributed by atoms with Crippen LogP contribution in [-0.2, 0) is 4.79 Å². The second-order valence-corrected chi connectivity index (χ2v) is 8.49. The molecule has 1 aromatic heterocycles. The summed E-state index contributed by atoms with van der Waals surface area (Å²) >= 11 is 9.73. The van der Waals surface area contributed by atoms with Crippen molar-refractivity contribution in [1.29, 1.82) is 0 Å². The van der Waals surface area contributed by atoms with E-state index in [1.807, 2.05) is 19.9 Å². The van der Waals surface area contributed by atoms with E-state index in [0.29, 0.717) is 34.6 Å². The number of halogens is 2. The predicted octanol–water partition coefficient (Wildman–Crippen LogP) is 4.08. The Morgan fingerprint density at radius 3 is 2.72 bits per heavy atom. The largest absolute Gasteiger partial charge is 0.490 e. The summed E-state index contributed by atoms with van der Waals surface area (Å²) in [6, 6.07) is 8.59. The normalized spacial score (nSPS) is 11.4. The van der Waals surface area contributed by atoms with Gasteiger partial charge in [0.05, 0.1) is 28.7 Å². The molecule has 3 rings (SSSR count). The van der Waals surface area contributed by atoms with E-state index in [1.54, 1.807) is 31.2 Å². The fourth-order valence-electron chi connectivity index (χ4n) is 2.98. The number of ether oxygens (including phenoxy) is 2. The summed E-state index contributed by atoms with van der Waals surface area (Å²) in [7, 11) is 0. The average molecular weight is 522 g/mol. The van der Waals surface area contributed by atoms with Gasteiger partial charge >= 0.3 is 0 Å². The Balaban J connectivity index is 2.08. The molecule has 2 N–H and O–H groups in total. The van der Waals surface area contributed by atoms with Crippen LogP contribution in [0.15, 0.2) is 44.7 Å². The third kappa shape index (κ3) is 5.28. The standard InChI is InChI=1S/C22H22BrClN4O4/c1-4-31-18-8-13(7-16(24)20(18)32-11-19(25)29)10-26-28-21(12(2)3)27-17-6-5-14(23)9-15(17)22(28)30/h5-10,12H,4,11H2,1-3H3,(H2,25,29). The van der Waals surface area contributed by atoms with Gasteiger partial charge in [0, 0.05) is 10.4 Å². The summed E-state index contributed by atoms with van der Waals surface area (Å²) in [6.45, 7) is 5.70. The molecule has 168 valence electrons. The number of aromatic nitrogens is 2. The number of benzene rings is 2. The fourth-order valence-corrected chi connectivity index (χ4v) is 3.62. The van der Waals surface area contributed by atoms with Crippen molar-refractivity contribution in [1.82, 2.24) is 9.66 Å². The highest BCUT2D eigenvalue weighted by Gasteiger charge is 2.15. The van der Waals surface area contributed by atoms with E-state index >= 15 is 0 Å². The van der Waals surface area contributed by atoms with E-state index in [2.05, 4.69) is 26.0 Å². The van der Waals surface area contributed by atoms with Gasteiger partial charge in [-0.15, -0.1) is 0 Å². The molecule has 1 heterocycles. The van der Waals surface area contributed by atoms with Crippen molar-refractivity contribution < 1.29 is 14.3 Å². The van der Waals surface area contributed by atoms with Gasteiger partial charge in [0.2, 0.25) is 0 Å². The van der Waals surface area contributed by atoms with Crippen molar-refractivity contribution in [2.45, 2.75) is 26.7 Å². The Kier molecular flexibility index (Phi) is 7.52. The maximum atomic E-state index is 13.1. The van der Waals surface area contributed by atoms with Crippen LogP contribution in [0.2, 0.25) is 5.02 Å². The van der Waals surface area contributed by atoms with Crippen LogP contribution >= 0.6 is 27.5 Å². The van der Waals surface area contributed by atoms with Crippen molar-refractivity contribution in [3.8, 4) is 11.5 Å². The lowest BCUT2D eigenvalue weighted by Gasteiger charge is -2.14. The van der Waals surface area contributed by atoms with Crippen LogP contribution in [0.1, 0.15) is 38.1 Å². The molecule has 0 saturated heterocycles. The molecule has 0 fully saturated rings. The van der Waals surface area contributed by atoms with Crippen molar-refractivity contribution >= 4 is 50.6 Å². The Hall–Kier alpha value is -2.91. The SMILES string of the molecule is CCOc1cc(C=Nn2c(C(C)C)nc3ccc(Br)cc3c2=O)cc(Cl)c1OCC(N)=O. The molecule has 0 unspecified atom stereocenters. The molecule has 0 bridgehead atoms. The fraction of sp³-hybridized carbons (Fsp3) is 0.273. The number of nitrogens with two attached hydrogens (primary N) is 1. The maximum absolute atomic E-state index is 13.1. The quantitative estimate of drug-likeness (QED) is 0.449. The van der Waals surface area contributed by atoms with Crippen LogP contribution in [0, 0.1) is 0 Å². The molecular formula is C22H22BrClN4O4. The Morgan fingerprint density at radius 1 is 1.31 bits per heavy atom. The molecule has 10 heteroatoms. The average Bonchev–Trinajstić information content (AvgIpc) is 2.72. The minimum Gasteiger partial charge on any atom is -0.490 e. The first-order valence-electron chi connectivity index (χ1n) is 9.85. The van der Waals surface area contributed by atoms with Gasteiger partial charge in [-0.25, -0.2) is 4.98 Å². The third-order valence-corrected chi connectivity index (χ3v) is 5.14. The van der Waals surface area contributed by atoms with Gasteiger partial charge < -0.3 is 15.2 Å². The smallest absolute Gasteiger partial charge is 0.282 e. The summed E-state index contributed by atoms with van der Waals surface area (Å²) in [4.78, 5) is 28.8. The molecule has 2 aromatic carbocycles. The summed E-state index contributed by atoms with van der Waals surface area (Å²) in [5.41, 5.74) is 6.04. The first-order chi connectivity index (χ1) is 15.2. The summed E-state index contributed by atoms with van der Waals surface area (Å²) in [5.74, 6) is 0.394. The van der Waals surface area contributed by atoms with Crippen LogP contribution in [0.25, 0.3) is 10.9 Å². The number of nitrogens with zero attached hydrogens (tertiary/aromatic N) is 3. The highest BCUT2D eigenvalue weighted by Crippen LogP contribution is 2.36. The number of amides is 1. The monoisotopic (exact) mass is 520 g/mol. The van der Waals surface area contributed by atoms with Crippen molar-refractivity contribution in [2.75, 3.05) is 13.2 Å². The minimum absolute atomic E-state index is 0.0416. The van der Waals surface area contributed by atoms with Gasteiger partial charge in [0.25, 0.3) is 11.5 Å². The number of rotatable bonds is 8. The first kappa shape index (κ1) is 23.7. The van der Waals surface area contributed by atoms with Crippen molar-refractivity contribution in [3.05, 3.63) is 61.6 Å². The Morgan fingerprint density at radius 2 is 2.06 bits per heavy atom. The molecule has 0 spiro atoms. The highest BCUT2D eigenvalue weighted by atomic mass is 79.9. The van der Waals surface area contributed by atoms with Crippen LogP contribution in [-0.4, -0.2) is 35.0 Å². The van der Waals surface area contributed by atoms with E-state index < -0.39 is 5.91 Å². The first-order valence-corrected chi connectivity index (χ1v) is 11.0. The Labute approximate surface area is 198 Å². The van der Waals surface area contributed by atoms with E-state index in [-0.39, 0.29) is 28.9 Å². The second kappa shape index (κ2) is 10.1. The van der Waals surface area contributed by atoms with E-state index in [1.165, 1.54) is 10.9 Å². The topological polar surface area (TPSA) is 109 Å². The molecule has 32 heavy (non-hydrogen) atoms. The minimum atomic E-state index is -0.634. The zero-order valence-electron chi connectivity index (χ0n) is 17.8. The summed E-state index contributed by atoms with van der Waals surface area (Å²) in [5, 5.41) is 5.06. The highest BCUT2D eigenvalue weighted by molar-refractivity contribution is 9.10. The molecule has 0 aliphatic heterocycles. The molecule has 0 atom stereocenters. The Bertz CT molecular complexity index is 1260. The van der Waals surface area contributed by atoms with E-state index in [4.69, 9.17) is 26.8 Å². The zero-order chi connectivity index (χ0) is 23.4. The van der Waals surface area contributed by atoms with Gasteiger partial charge in [0.1, 0.15) is 5.82 Å². The predicted molar refractivity (Wildman–Crippen MR) is 128 cm³/mol. The number of fused-ring (bicyclic) bond motifs is 1. The number of hydrogen-bond donors (Lipinski definition) is 1. The number of primary amides is 1. The van der Waals surface area contributed by atoms with Gasteiger partial charge in [-0.3, -0.25) is 9.59 Å². The molecule has 8 nitrogen and oxygen atoms in total. The summed E-state index contributed by atoms with van der Waals surface area (Å²) in [6.07, 6.45) is 1.49. The lowest BCUT2D eigenvalue weighted by molar-refractivity contribution is -0.119. The van der Waals surface area contributed by atoms with Crippen LogP contribution in [0.3, 0.4) is 0 Å². The number of carbonyl (C=O) groups is 1. The van der Waals surface area contributed by atoms with Crippen LogP contribution in [0.5, 0.6) is 11.5 Å². The summed E-state index contributed by atoms with van der Waals surface area (Å²) < 4.78 is 13.0. The zero-order valence-corrected chi connectivity index (χ0v) is 20.1. The molecule has 3 aromatic rings. The van der Waals surface area contributed by atoms with Gasteiger partial charge in [-0.2, -0.15) is 9.78 Å². The van der Waals surface area contributed by atoms with E-state index in [9.17, 15) is 9.59 Å². The second-order valence-electron chi connectivity index (χ2n) is 7.17. The molecule has 0 saturated carbocycles. The molecular weight excluding hydrogens is 500 g/mol. The molecule has 0 aliphatic carbocycles.